The van der Waals surface area contributed by atoms with Crippen LogP contribution >= 0.6 is 0 Å². The highest BCUT2D eigenvalue weighted by Crippen LogP contribution is 2.20. The first kappa shape index (κ1) is 19.6. The number of hydrogen-bond donors (Lipinski definition) is 0. The predicted molar refractivity (Wildman–Crippen MR) is 102 cm³/mol. The van der Waals surface area contributed by atoms with Crippen molar-refractivity contribution >= 4 is 10.0 Å². The SMILES string of the molecule is Cc1ccc(C)n1S(=O)(=O)c1ccc(C#Cc2ccc(OC(F)F)cc2)cc1. The number of ether oxygens (including phenoxy) is 1. The van der Waals surface area contributed by atoms with E-state index in [0.29, 0.717) is 22.5 Å². The Labute approximate surface area is 162 Å². The van der Waals surface area contributed by atoms with Gasteiger partial charge in [-0.1, -0.05) is 11.8 Å². The monoisotopic (exact) mass is 401 g/mol. The zero-order chi connectivity index (χ0) is 20.3. The van der Waals surface area contributed by atoms with Crippen molar-refractivity contribution in [2.45, 2.75) is 25.4 Å². The quantitative estimate of drug-likeness (QED) is 0.611. The molecule has 3 rings (SSSR count). The number of aryl methyl sites for hydroxylation is 2. The number of nitrogens with zero attached hydrogens (tertiary/aromatic N) is 1. The Kier molecular flexibility index (Phi) is 5.52. The highest BCUT2D eigenvalue weighted by molar-refractivity contribution is 7.90. The van der Waals surface area contributed by atoms with Crippen LogP contribution in [0.25, 0.3) is 0 Å². The van der Waals surface area contributed by atoms with Gasteiger partial charge in [0.2, 0.25) is 0 Å². The van der Waals surface area contributed by atoms with E-state index < -0.39 is 16.6 Å². The molecule has 0 N–H and O–H groups in total. The third-order valence-electron chi connectivity index (χ3n) is 4.03. The Morgan fingerprint density at radius 2 is 1.29 bits per heavy atom. The summed E-state index contributed by atoms with van der Waals surface area (Å²) in [5.74, 6) is 5.88. The zero-order valence-electron chi connectivity index (χ0n) is 15.2. The standard InChI is InChI=1S/C21H17F2NO3S/c1-15-3-4-16(2)24(15)28(25,26)20-13-9-18(10-14-20)6-5-17-7-11-19(12-8-17)27-21(22)23/h3-4,7-14,21H,1-2H3. The van der Waals surface area contributed by atoms with Gasteiger partial charge in [-0.2, -0.15) is 8.78 Å². The van der Waals surface area contributed by atoms with Crippen LogP contribution in [0.15, 0.2) is 65.6 Å². The molecule has 0 bridgehead atoms. The molecule has 0 saturated heterocycles. The van der Waals surface area contributed by atoms with E-state index in [1.54, 1.807) is 50.2 Å². The molecule has 0 amide bonds. The molecule has 2 aromatic carbocycles. The molecule has 1 heterocycles. The minimum Gasteiger partial charge on any atom is -0.435 e. The number of benzene rings is 2. The summed E-state index contributed by atoms with van der Waals surface area (Å²) in [4.78, 5) is 0.175. The molecule has 0 aliphatic rings. The summed E-state index contributed by atoms with van der Waals surface area (Å²) in [7, 11) is -3.66. The zero-order valence-corrected chi connectivity index (χ0v) is 16.0. The summed E-state index contributed by atoms with van der Waals surface area (Å²) < 4.78 is 55.5. The third-order valence-corrected chi connectivity index (χ3v) is 5.95. The maximum atomic E-state index is 12.8. The second-order valence-electron chi connectivity index (χ2n) is 6.06. The average molecular weight is 401 g/mol. The topological polar surface area (TPSA) is 48.3 Å². The van der Waals surface area contributed by atoms with Gasteiger partial charge in [0.1, 0.15) is 5.75 Å². The van der Waals surface area contributed by atoms with Crippen LogP contribution in [-0.4, -0.2) is 19.0 Å². The molecule has 0 aliphatic heterocycles. The fourth-order valence-electron chi connectivity index (χ4n) is 2.71. The van der Waals surface area contributed by atoms with Crippen molar-refractivity contribution in [2.75, 3.05) is 0 Å². The van der Waals surface area contributed by atoms with Crippen LogP contribution in [-0.2, 0) is 10.0 Å². The first-order valence-corrected chi connectivity index (χ1v) is 9.79. The van der Waals surface area contributed by atoms with Crippen LogP contribution in [0.5, 0.6) is 5.75 Å². The van der Waals surface area contributed by atoms with Gasteiger partial charge in [-0.15, -0.1) is 0 Å². The first-order chi connectivity index (χ1) is 13.3. The fourth-order valence-corrected chi connectivity index (χ4v) is 4.28. The molecule has 0 saturated carbocycles. The van der Waals surface area contributed by atoms with E-state index in [1.165, 1.54) is 28.2 Å². The van der Waals surface area contributed by atoms with Gasteiger partial charge in [-0.25, -0.2) is 12.4 Å². The largest absolute Gasteiger partial charge is 0.435 e. The summed E-state index contributed by atoms with van der Waals surface area (Å²) in [5, 5.41) is 0. The Balaban J connectivity index is 1.80. The average Bonchev–Trinajstić information content (AvgIpc) is 3.00. The Bertz CT molecular complexity index is 1120. The molecular formula is C21H17F2NO3S. The van der Waals surface area contributed by atoms with Crippen LogP contribution in [0.3, 0.4) is 0 Å². The van der Waals surface area contributed by atoms with Gasteiger partial charge in [-0.05, 0) is 74.5 Å². The van der Waals surface area contributed by atoms with Gasteiger partial charge in [0.25, 0.3) is 10.0 Å². The van der Waals surface area contributed by atoms with Crippen molar-refractivity contribution < 1.29 is 21.9 Å². The van der Waals surface area contributed by atoms with Crippen LogP contribution in [0.4, 0.5) is 8.78 Å². The van der Waals surface area contributed by atoms with Gasteiger partial charge in [-0.3, -0.25) is 0 Å². The van der Waals surface area contributed by atoms with Gasteiger partial charge >= 0.3 is 6.61 Å². The van der Waals surface area contributed by atoms with E-state index >= 15 is 0 Å². The van der Waals surface area contributed by atoms with Gasteiger partial charge in [0.15, 0.2) is 0 Å². The summed E-state index contributed by atoms with van der Waals surface area (Å²) >= 11 is 0. The lowest BCUT2D eigenvalue weighted by Gasteiger charge is -2.10. The van der Waals surface area contributed by atoms with Gasteiger partial charge in [0.05, 0.1) is 4.90 Å². The van der Waals surface area contributed by atoms with E-state index in [2.05, 4.69) is 16.6 Å². The van der Waals surface area contributed by atoms with Crippen molar-refractivity contribution in [3.05, 3.63) is 83.2 Å². The van der Waals surface area contributed by atoms with E-state index in [-0.39, 0.29) is 10.6 Å². The molecule has 0 aliphatic carbocycles. The Morgan fingerprint density at radius 3 is 1.75 bits per heavy atom. The van der Waals surface area contributed by atoms with Crippen LogP contribution in [0, 0.1) is 25.7 Å². The molecule has 144 valence electrons. The summed E-state index contributed by atoms with van der Waals surface area (Å²) in [5.41, 5.74) is 2.53. The third kappa shape index (κ3) is 4.24. The summed E-state index contributed by atoms with van der Waals surface area (Å²) in [6.07, 6.45) is 0. The predicted octanol–water partition coefficient (Wildman–Crippen LogP) is 4.34. The number of rotatable bonds is 4. The summed E-state index contributed by atoms with van der Waals surface area (Å²) in [6.45, 7) is 0.607. The second kappa shape index (κ2) is 7.87. The van der Waals surface area contributed by atoms with E-state index in [0.717, 1.165) is 0 Å². The maximum absolute atomic E-state index is 12.8. The van der Waals surface area contributed by atoms with Crippen LogP contribution < -0.4 is 4.74 Å². The van der Waals surface area contributed by atoms with Crippen molar-refractivity contribution in [3.8, 4) is 17.6 Å². The molecule has 0 spiro atoms. The minimum atomic E-state index is -3.66. The fraction of sp³-hybridized carbons (Fsp3) is 0.143. The molecule has 0 radical (unpaired) electrons. The molecule has 1 aromatic heterocycles. The van der Waals surface area contributed by atoms with Gasteiger partial charge in [0, 0.05) is 22.5 Å². The molecule has 3 aromatic rings. The van der Waals surface area contributed by atoms with Crippen LogP contribution in [0.2, 0.25) is 0 Å². The van der Waals surface area contributed by atoms with Crippen molar-refractivity contribution in [2.24, 2.45) is 0 Å². The van der Waals surface area contributed by atoms with Crippen molar-refractivity contribution in [1.82, 2.24) is 3.97 Å². The number of alkyl halides is 2. The second-order valence-corrected chi connectivity index (χ2v) is 7.85. The highest BCUT2D eigenvalue weighted by atomic mass is 32.2. The van der Waals surface area contributed by atoms with Crippen molar-refractivity contribution in [3.63, 3.8) is 0 Å². The Morgan fingerprint density at radius 1 is 0.821 bits per heavy atom. The lowest BCUT2D eigenvalue weighted by molar-refractivity contribution is -0.0498. The molecule has 28 heavy (non-hydrogen) atoms. The van der Waals surface area contributed by atoms with Gasteiger partial charge < -0.3 is 4.74 Å². The number of halogens is 2. The molecule has 0 atom stereocenters. The molecule has 0 unspecified atom stereocenters. The lowest BCUT2D eigenvalue weighted by atomic mass is 10.2. The Hall–Kier alpha value is -3.11. The van der Waals surface area contributed by atoms with E-state index in [4.69, 9.17) is 0 Å². The van der Waals surface area contributed by atoms with Crippen molar-refractivity contribution in [1.29, 1.82) is 0 Å². The number of hydrogen-bond acceptors (Lipinski definition) is 3. The maximum Gasteiger partial charge on any atom is 0.387 e. The van der Waals surface area contributed by atoms with Crippen LogP contribution in [0.1, 0.15) is 22.5 Å². The highest BCUT2D eigenvalue weighted by Gasteiger charge is 2.19. The smallest absolute Gasteiger partial charge is 0.387 e. The van der Waals surface area contributed by atoms with E-state index in [9.17, 15) is 17.2 Å². The molecule has 4 nitrogen and oxygen atoms in total. The molecular weight excluding hydrogens is 384 g/mol. The molecule has 7 heteroatoms. The molecule has 0 fully saturated rings. The minimum absolute atomic E-state index is 0.0608. The summed E-state index contributed by atoms with van der Waals surface area (Å²) in [6, 6.07) is 15.7. The normalized spacial score (nSPS) is 11.2. The number of aromatic nitrogens is 1. The lowest BCUT2D eigenvalue weighted by Crippen LogP contribution is -2.15. The first-order valence-electron chi connectivity index (χ1n) is 8.35. The van der Waals surface area contributed by atoms with E-state index in [1.807, 2.05) is 0 Å².